The van der Waals surface area contributed by atoms with Crippen LogP contribution in [0.25, 0.3) is 0 Å². The Morgan fingerprint density at radius 3 is 2.73 bits per heavy atom. The van der Waals surface area contributed by atoms with Crippen molar-refractivity contribution in [2.24, 2.45) is 0 Å². The van der Waals surface area contributed by atoms with Gasteiger partial charge in [-0.2, -0.15) is 9.90 Å². The third kappa shape index (κ3) is 2.46. The van der Waals surface area contributed by atoms with Gasteiger partial charge in [-0.05, 0) is 18.2 Å². The first-order chi connectivity index (χ1) is 10.6. The molecule has 0 bridgehead atoms. The molecule has 0 radical (unpaired) electrons. The van der Waals surface area contributed by atoms with Crippen LogP contribution in [0, 0.1) is 5.82 Å². The Morgan fingerprint density at radius 2 is 2.09 bits per heavy atom. The summed E-state index contributed by atoms with van der Waals surface area (Å²) in [4.78, 5) is 5.08. The molecule has 2 unspecified atom stereocenters. The molecule has 114 valence electrons. The van der Waals surface area contributed by atoms with Crippen LogP contribution in [0.15, 0.2) is 43.2 Å². The standard InChI is InChI=1S/C13H14FN7O/c1-10(21-18-8-16-19-21)13(22,6-20-9-15-7-17-20)11-4-2-3-5-12(11)14/h2-5,7-10,22H,6H2,1H3. The fourth-order valence-corrected chi connectivity index (χ4v) is 2.36. The van der Waals surface area contributed by atoms with Crippen LogP contribution in [0.4, 0.5) is 4.39 Å². The highest BCUT2D eigenvalue weighted by molar-refractivity contribution is 5.25. The van der Waals surface area contributed by atoms with Crippen molar-refractivity contribution in [2.45, 2.75) is 25.1 Å². The minimum Gasteiger partial charge on any atom is -0.381 e. The fourth-order valence-electron chi connectivity index (χ4n) is 2.36. The van der Waals surface area contributed by atoms with E-state index in [1.807, 2.05) is 0 Å². The van der Waals surface area contributed by atoms with E-state index in [1.165, 1.54) is 40.6 Å². The van der Waals surface area contributed by atoms with Crippen molar-refractivity contribution >= 4 is 0 Å². The van der Waals surface area contributed by atoms with E-state index in [2.05, 4.69) is 25.5 Å². The second-order valence-electron chi connectivity index (χ2n) is 4.93. The highest BCUT2D eigenvalue weighted by Crippen LogP contribution is 2.35. The van der Waals surface area contributed by atoms with Crippen LogP contribution >= 0.6 is 0 Å². The molecule has 0 amide bonds. The third-order valence-corrected chi connectivity index (χ3v) is 3.61. The van der Waals surface area contributed by atoms with Gasteiger partial charge < -0.3 is 5.11 Å². The zero-order valence-corrected chi connectivity index (χ0v) is 11.8. The van der Waals surface area contributed by atoms with Gasteiger partial charge >= 0.3 is 0 Å². The zero-order chi connectivity index (χ0) is 15.6. The van der Waals surface area contributed by atoms with Crippen molar-refractivity contribution in [1.82, 2.24) is 35.0 Å². The summed E-state index contributed by atoms with van der Waals surface area (Å²) in [5.74, 6) is -0.517. The number of rotatable bonds is 5. The zero-order valence-electron chi connectivity index (χ0n) is 11.8. The molecule has 1 aromatic carbocycles. The molecule has 9 heteroatoms. The van der Waals surface area contributed by atoms with E-state index in [4.69, 9.17) is 0 Å². The highest BCUT2D eigenvalue weighted by atomic mass is 19.1. The first kappa shape index (κ1) is 14.3. The van der Waals surface area contributed by atoms with E-state index in [1.54, 1.807) is 19.1 Å². The first-order valence-corrected chi connectivity index (χ1v) is 6.63. The topological polar surface area (TPSA) is 94.5 Å². The number of hydrogen-bond donors (Lipinski definition) is 1. The van der Waals surface area contributed by atoms with Gasteiger partial charge in [0.25, 0.3) is 0 Å². The van der Waals surface area contributed by atoms with Crippen LogP contribution < -0.4 is 0 Å². The summed E-state index contributed by atoms with van der Waals surface area (Å²) in [6.45, 7) is 1.68. The average molecular weight is 303 g/mol. The van der Waals surface area contributed by atoms with E-state index in [9.17, 15) is 9.50 Å². The number of benzene rings is 1. The molecular weight excluding hydrogens is 289 g/mol. The summed E-state index contributed by atoms with van der Waals surface area (Å²) in [6, 6.07) is 5.37. The quantitative estimate of drug-likeness (QED) is 0.740. The molecule has 0 aliphatic heterocycles. The molecule has 22 heavy (non-hydrogen) atoms. The summed E-state index contributed by atoms with van der Waals surface area (Å²) in [7, 11) is 0. The monoisotopic (exact) mass is 303 g/mol. The number of hydrogen-bond acceptors (Lipinski definition) is 6. The minimum atomic E-state index is -1.63. The number of nitrogens with zero attached hydrogens (tertiary/aromatic N) is 7. The predicted molar refractivity (Wildman–Crippen MR) is 72.8 cm³/mol. The molecule has 3 rings (SSSR count). The lowest BCUT2D eigenvalue weighted by molar-refractivity contribution is -0.0417. The summed E-state index contributed by atoms with van der Waals surface area (Å²) in [5.41, 5.74) is -1.49. The van der Waals surface area contributed by atoms with Crippen LogP contribution in [0.1, 0.15) is 18.5 Å². The lowest BCUT2D eigenvalue weighted by Gasteiger charge is -2.33. The van der Waals surface area contributed by atoms with Crippen LogP contribution in [0.2, 0.25) is 0 Å². The molecule has 0 aliphatic rings. The lowest BCUT2D eigenvalue weighted by atomic mass is 9.87. The molecule has 2 atom stereocenters. The van der Waals surface area contributed by atoms with E-state index < -0.39 is 17.5 Å². The second-order valence-corrected chi connectivity index (χ2v) is 4.93. The molecule has 2 aromatic heterocycles. The summed E-state index contributed by atoms with van der Waals surface area (Å²) < 4.78 is 15.7. The SMILES string of the molecule is CC(n1ncnn1)C(O)(Cn1cncn1)c1ccccc1F. The Balaban J connectivity index is 2.07. The van der Waals surface area contributed by atoms with Crippen LogP contribution in [-0.2, 0) is 12.1 Å². The smallest absolute Gasteiger partial charge is 0.162 e. The summed E-state index contributed by atoms with van der Waals surface area (Å²) >= 11 is 0. The van der Waals surface area contributed by atoms with Crippen molar-refractivity contribution in [1.29, 1.82) is 0 Å². The van der Waals surface area contributed by atoms with E-state index in [0.717, 1.165) is 0 Å². The van der Waals surface area contributed by atoms with E-state index in [-0.39, 0.29) is 12.1 Å². The van der Waals surface area contributed by atoms with Crippen LogP contribution in [0.3, 0.4) is 0 Å². The van der Waals surface area contributed by atoms with E-state index in [0.29, 0.717) is 0 Å². The normalized spacial score (nSPS) is 15.4. The van der Waals surface area contributed by atoms with Crippen LogP contribution in [0.5, 0.6) is 0 Å². The Morgan fingerprint density at radius 1 is 1.27 bits per heavy atom. The van der Waals surface area contributed by atoms with E-state index >= 15 is 0 Å². The van der Waals surface area contributed by atoms with Crippen molar-refractivity contribution in [2.75, 3.05) is 0 Å². The molecule has 0 fully saturated rings. The van der Waals surface area contributed by atoms with Crippen LogP contribution in [-0.4, -0.2) is 40.1 Å². The molecule has 0 saturated carbocycles. The molecule has 1 N–H and O–H groups in total. The van der Waals surface area contributed by atoms with Gasteiger partial charge in [0.1, 0.15) is 30.1 Å². The maximum absolute atomic E-state index is 14.2. The molecule has 0 spiro atoms. The molecule has 8 nitrogen and oxygen atoms in total. The summed E-state index contributed by atoms with van der Waals surface area (Å²) in [6.07, 6.45) is 4.06. The average Bonchev–Trinajstić information content (AvgIpc) is 3.20. The van der Waals surface area contributed by atoms with Gasteiger partial charge in [-0.3, -0.25) is 0 Å². The van der Waals surface area contributed by atoms with Crippen molar-refractivity contribution in [3.05, 3.63) is 54.6 Å². The maximum atomic E-state index is 14.2. The van der Waals surface area contributed by atoms with Crippen molar-refractivity contribution < 1.29 is 9.50 Å². The molecular formula is C13H14FN7O. The van der Waals surface area contributed by atoms with Gasteiger partial charge in [0, 0.05) is 5.56 Å². The third-order valence-electron chi connectivity index (χ3n) is 3.61. The fraction of sp³-hybridized carbons (Fsp3) is 0.308. The highest BCUT2D eigenvalue weighted by Gasteiger charge is 2.41. The molecule has 0 aliphatic carbocycles. The predicted octanol–water partition coefficient (Wildman–Crippen LogP) is 0.553. The Labute approximate surface area is 125 Å². The van der Waals surface area contributed by atoms with Gasteiger partial charge in [-0.1, -0.05) is 18.2 Å². The van der Waals surface area contributed by atoms with Crippen molar-refractivity contribution in [3.63, 3.8) is 0 Å². The Bertz CT molecular complexity index is 731. The maximum Gasteiger partial charge on any atom is 0.162 e. The van der Waals surface area contributed by atoms with Gasteiger partial charge in [0.05, 0.1) is 6.54 Å². The number of aliphatic hydroxyl groups is 1. The molecule has 2 heterocycles. The van der Waals surface area contributed by atoms with Gasteiger partial charge in [0.2, 0.25) is 0 Å². The number of tetrazole rings is 1. The van der Waals surface area contributed by atoms with Gasteiger partial charge in [-0.15, -0.1) is 10.2 Å². The number of halogens is 1. The Hall–Kier alpha value is -2.68. The number of aromatic nitrogens is 7. The molecule has 0 saturated heterocycles. The largest absolute Gasteiger partial charge is 0.381 e. The lowest BCUT2D eigenvalue weighted by Crippen LogP contribution is -2.41. The Kier molecular flexibility index (Phi) is 3.63. The van der Waals surface area contributed by atoms with Crippen molar-refractivity contribution in [3.8, 4) is 0 Å². The summed E-state index contributed by atoms with van der Waals surface area (Å²) in [5, 5.41) is 26.6. The van der Waals surface area contributed by atoms with Gasteiger partial charge in [-0.25, -0.2) is 14.1 Å². The van der Waals surface area contributed by atoms with Gasteiger partial charge in [0.15, 0.2) is 6.33 Å². The second kappa shape index (κ2) is 5.60. The first-order valence-electron chi connectivity index (χ1n) is 6.63. The minimum absolute atomic E-state index is 0.00333. The molecule has 3 aromatic rings.